The molecule has 0 radical (unpaired) electrons. The number of aromatic nitrogens is 3. The number of nitrogens with two attached hydrogens (primary N) is 1. The minimum Gasteiger partial charge on any atom is -0.398 e. The Morgan fingerprint density at radius 1 is 0.857 bits per heavy atom. The minimum atomic E-state index is -5.10. The Labute approximate surface area is 378 Å². The van der Waals surface area contributed by atoms with E-state index in [-0.39, 0.29) is 5.95 Å². The van der Waals surface area contributed by atoms with Crippen LogP contribution in [0.1, 0.15) is 37.1 Å². The van der Waals surface area contributed by atoms with Crippen molar-refractivity contribution in [3.63, 3.8) is 0 Å². The van der Waals surface area contributed by atoms with Crippen LogP contribution in [0.2, 0.25) is 5.02 Å². The van der Waals surface area contributed by atoms with E-state index in [0.717, 1.165) is 76.5 Å². The Morgan fingerprint density at radius 3 is 2.30 bits per heavy atom. The second kappa shape index (κ2) is 21.8. The standard InChI is InChI=1S/C30H31ClF3N7O3S2.C14H21NOS/c31-22-7-5-20(6-8-22)25-4-2-1-3-21(25)18-39-13-11-23(12-14-39)40-15-16-41-28(19-40)36-37-29(41)38-46(43,44)24-9-10-26(35)27(17-24)45(42)30(32,33)34;1-2-6-14(7-3-1)17-13-5-4-8-15-9-11-16-12-10-15/h1-10,17,23H,11-16,18-19,35H2,(H,37,38);1-3,6-7H,4-5,8-13H2. The van der Waals surface area contributed by atoms with E-state index in [2.05, 4.69) is 78.2 Å². The minimum absolute atomic E-state index is 0.0425. The van der Waals surface area contributed by atoms with Crippen LogP contribution < -0.4 is 10.5 Å². The van der Waals surface area contributed by atoms with E-state index in [1.807, 2.05) is 42.1 Å². The van der Waals surface area contributed by atoms with Gasteiger partial charge >= 0.3 is 5.51 Å². The van der Waals surface area contributed by atoms with Crippen LogP contribution in [0, 0.1) is 0 Å². The molecule has 1 unspecified atom stereocenters. The number of nitrogen functional groups attached to an aromatic ring is 1. The fourth-order valence-electron chi connectivity index (χ4n) is 7.93. The maximum atomic E-state index is 13.1. The number of ether oxygens (including phenoxy) is 1. The zero-order valence-electron chi connectivity index (χ0n) is 34.8. The molecule has 338 valence electrons. The molecule has 0 aliphatic carbocycles. The van der Waals surface area contributed by atoms with Crippen molar-refractivity contribution in [1.82, 2.24) is 29.5 Å². The Kier molecular flexibility index (Phi) is 16.2. The van der Waals surface area contributed by atoms with Crippen LogP contribution in [-0.2, 0) is 45.2 Å². The van der Waals surface area contributed by atoms with E-state index >= 15 is 0 Å². The fraction of sp³-hybridized carbons (Fsp3) is 0.409. The fourth-order valence-corrected chi connectivity index (χ4v) is 10.9. The summed E-state index contributed by atoms with van der Waals surface area (Å²) in [5.41, 5.74) is 3.62. The summed E-state index contributed by atoms with van der Waals surface area (Å²) in [6, 6.07) is 30.0. The number of likely N-dealkylation sites (tertiary alicyclic amines) is 1. The molecule has 63 heavy (non-hydrogen) atoms. The van der Waals surface area contributed by atoms with Gasteiger partial charge in [0.1, 0.15) is 5.82 Å². The molecule has 3 aliphatic rings. The van der Waals surface area contributed by atoms with Crippen molar-refractivity contribution in [2.45, 2.75) is 71.6 Å². The SMILES string of the molecule is Nc1ccc(S(=O)(=O)Nc2nnc3n2CCN(C2CCN(Cc4ccccc4-c4ccc(Cl)cc4)CC2)C3)cc1S(=O)C(F)(F)F.c1ccc(SCCCCN2CCOCC2)cc1. The van der Waals surface area contributed by atoms with Gasteiger partial charge in [-0.25, -0.2) is 17.3 Å². The van der Waals surface area contributed by atoms with E-state index in [1.54, 1.807) is 4.57 Å². The molecule has 5 aromatic rings. The molecule has 0 spiro atoms. The van der Waals surface area contributed by atoms with Crippen LogP contribution in [0.15, 0.2) is 112 Å². The zero-order chi connectivity index (χ0) is 44.4. The third kappa shape index (κ3) is 12.8. The molecule has 2 saturated heterocycles. The van der Waals surface area contributed by atoms with Crippen molar-refractivity contribution in [1.29, 1.82) is 0 Å². The number of halogens is 4. The van der Waals surface area contributed by atoms with Crippen molar-refractivity contribution < 1.29 is 30.5 Å². The predicted octanol–water partition coefficient (Wildman–Crippen LogP) is 7.98. The lowest BCUT2D eigenvalue weighted by Gasteiger charge is -2.40. The largest absolute Gasteiger partial charge is 0.475 e. The number of nitrogens with one attached hydrogen (secondary N) is 1. The summed E-state index contributed by atoms with van der Waals surface area (Å²) in [6.07, 6.45) is 4.54. The highest BCUT2D eigenvalue weighted by Gasteiger charge is 2.40. The summed E-state index contributed by atoms with van der Waals surface area (Å²) >= 11 is 8.05. The van der Waals surface area contributed by atoms with E-state index in [9.17, 15) is 25.8 Å². The highest BCUT2D eigenvalue weighted by molar-refractivity contribution is 7.99. The van der Waals surface area contributed by atoms with Gasteiger partial charge in [-0.15, -0.1) is 22.0 Å². The van der Waals surface area contributed by atoms with Gasteiger partial charge in [-0.2, -0.15) is 13.2 Å². The molecule has 0 saturated carbocycles. The molecule has 3 N–H and O–H groups in total. The summed E-state index contributed by atoms with van der Waals surface area (Å²) in [4.78, 5) is 7.34. The molecular formula is C44H52ClF3N8O4S3. The van der Waals surface area contributed by atoms with E-state index < -0.39 is 41.8 Å². The number of rotatable bonds is 14. The number of morpholine rings is 1. The van der Waals surface area contributed by atoms with Gasteiger partial charge in [-0.1, -0.05) is 66.2 Å². The smallest absolute Gasteiger partial charge is 0.398 e. The summed E-state index contributed by atoms with van der Waals surface area (Å²) < 4.78 is 86.5. The van der Waals surface area contributed by atoms with Gasteiger partial charge in [0.05, 0.1) is 29.5 Å². The monoisotopic (exact) mass is 944 g/mol. The average Bonchev–Trinajstić information content (AvgIpc) is 3.68. The van der Waals surface area contributed by atoms with E-state index in [4.69, 9.17) is 22.1 Å². The topological polar surface area (TPSA) is 139 Å². The molecular weight excluding hydrogens is 893 g/mol. The normalized spacial score (nSPS) is 17.4. The van der Waals surface area contributed by atoms with E-state index in [0.29, 0.717) is 42.6 Å². The highest BCUT2D eigenvalue weighted by Crippen LogP contribution is 2.33. The van der Waals surface area contributed by atoms with Crippen molar-refractivity contribution in [3.05, 3.63) is 113 Å². The van der Waals surface area contributed by atoms with Gasteiger partial charge in [-0.05, 0) is 110 Å². The molecule has 0 bridgehead atoms. The Bertz CT molecular complexity index is 2400. The van der Waals surface area contributed by atoms with Crippen LogP contribution in [0.3, 0.4) is 0 Å². The van der Waals surface area contributed by atoms with Crippen molar-refractivity contribution in [2.24, 2.45) is 0 Å². The summed E-state index contributed by atoms with van der Waals surface area (Å²) in [7, 11) is -7.87. The quantitative estimate of drug-likeness (QED) is 0.0637. The van der Waals surface area contributed by atoms with Gasteiger partial charge < -0.3 is 10.5 Å². The molecule has 4 heterocycles. The highest BCUT2D eigenvalue weighted by atomic mass is 35.5. The zero-order valence-corrected chi connectivity index (χ0v) is 38.0. The van der Waals surface area contributed by atoms with Gasteiger partial charge in [-0.3, -0.25) is 19.3 Å². The number of benzene rings is 4. The lowest BCUT2D eigenvalue weighted by molar-refractivity contribution is -0.0384. The molecule has 2 fully saturated rings. The van der Waals surface area contributed by atoms with Gasteiger partial charge in [0.25, 0.3) is 10.0 Å². The van der Waals surface area contributed by atoms with Crippen molar-refractivity contribution in [2.75, 3.05) is 68.7 Å². The van der Waals surface area contributed by atoms with Crippen molar-refractivity contribution in [3.8, 4) is 11.1 Å². The number of hydrogen-bond donors (Lipinski definition) is 2. The maximum absolute atomic E-state index is 13.1. The van der Waals surface area contributed by atoms with Crippen LogP contribution in [0.5, 0.6) is 0 Å². The number of thioether (sulfide) groups is 1. The first kappa shape index (κ1) is 47.0. The molecule has 19 heteroatoms. The second-order valence-corrected chi connectivity index (χ2v) is 20.3. The van der Waals surface area contributed by atoms with E-state index in [1.165, 1.54) is 41.2 Å². The van der Waals surface area contributed by atoms with Gasteiger partial charge in [0.2, 0.25) is 5.95 Å². The first-order valence-electron chi connectivity index (χ1n) is 21.0. The number of alkyl halides is 3. The Balaban J connectivity index is 0.000000292. The summed E-state index contributed by atoms with van der Waals surface area (Å²) in [6.45, 7) is 9.56. The lowest BCUT2D eigenvalue weighted by Crippen LogP contribution is -2.47. The Hall–Kier alpha value is -4.01. The third-order valence-corrected chi connectivity index (χ3v) is 15.2. The first-order chi connectivity index (χ1) is 30.3. The number of unbranched alkanes of at least 4 members (excludes halogenated alkanes) is 1. The second-order valence-electron chi connectivity index (χ2n) is 15.6. The molecule has 4 aromatic carbocycles. The van der Waals surface area contributed by atoms with Gasteiger partial charge in [0.15, 0.2) is 10.8 Å². The number of sulfonamides is 1. The molecule has 0 amide bonds. The van der Waals surface area contributed by atoms with Crippen LogP contribution in [0.4, 0.5) is 24.8 Å². The molecule has 1 aromatic heterocycles. The number of anilines is 2. The van der Waals surface area contributed by atoms with Gasteiger partial charge in [0, 0.05) is 54.4 Å². The lowest BCUT2D eigenvalue weighted by atomic mass is 9.97. The first-order valence-corrected chi connectivity index (χ1v) is 24.9. The number of piperidine rings is 1. The average molecular weight is 946 g/mol. The van der Waals surface area contributed by atoms with Crippen LogP contribution in [-0.4, -0.2) is 112 Å². The number of nitrogens with zero attached hydrogens (tertiary/aromatic N) is 6. The van der Waals surface area contributed by atoms with Crippen LogP contribution >= 0.6 is 23.4 Å². The number of hydrogen-bond acceptors (Lipinski definition) is 11. The molecule has 8 rings (SSSR count). The molecule has 12 nitrogen and oxygen atoms in total. The number of fused-ring (bicyclic) bond motifs is 1. The van der Waals surface area contributed by atoms with Crippen LogP contribution in [0.25, 0.3) is 11.1 Å². The predicted molar refractivity (Wildman–Crippen MR) is 243 cm³/mol. The van der Waals surface area contributed by atoms with Crippen molar-refractivity contribution >= 4 is 55.8 Å². The maximum Gasteiger partial charge on any atom is 0.475 e. The molecule has 3 aliphatic heterocycles. The summed E-state index contributed by atoms with van der Waals surface area (Å²) in [5, 5.41) is 8.91. The summed E-state index contributed by atoms with van der Waals surface area (Å²) in [5.74, 6) is 1.77. The third-order valence-electron chi connectivity index (χ3n) is 11.3. The molecule has 1 atom stereocenters. The Morgan fingerprint density at radius 2 is 1.57 bits per heavy atom.